The number of aromatic nitrogens is 3. The van der Waals surface area contributed by atoms with Gasteiger partial charge in [0, 0.05) is 46.8 Å². The molecule has 36 heavy (non-hydrogen) atoms. The molecule has 1 saturated carbocycles. The van der Waals surface area contributed by atoms with Crippen molar-refractivity contribution < 1.29 is 18.0 Å². The van der Waals surface area contributed by atoms with Gasteiger partial charge in [0.05, 0.1) is 11.8 Å². The number of alkyl halides is 3. The van der Waals surface area contributed by atoms with Crippen LogP contribution < -0.4 is 10.6 Å². The Morgan fingerprint density at radius 3 is 2.56 bits per heavy atom. The molecular formula is C27H26F3N5O. The van der Waals surface area contributed by atoms with E-state index in [1.807, 2.05) is 35.9 Å². The zero-order chi connectivity index (χ0) is 25.3. The summed E-state index contributed by atoms with van der Waals surface area (Å²) in [5.41, 5.74) is 2.21. The van der Waals surface area contributed by atoms with Crippen molar-refractivity contribution in [2.75, 3.05) is 5.32 Å². The number of benzene rings is 2. The van der Waals surface area contributed by atoms with Crippen LogP contribution in [0.2, 0.25) is 0 Å². The molecule has 6 nitrogen and oxygen atoms in total. The molecule has 1 aliphatic carbocycles. The maximum atomic E-state index is 13.5. The van der Waals surface area contributed by atoms with Crippen LogP contribution in [0.1, 0.15) is 47.3 Å². The Balaban J connectivity index is 1.29. The topological polar surface area (TPSA) is 71.8 Å². The van der Waals surface area contributed by atoms with Crippen molar-refractivity contribution in [2.24, 2.45) is 0 Å². The third kappa shape index (κ3) is 5.19. The maximum Gasteiger partial charge on any atom is 0.433 e. The van der Waals surface area contributed by atoms with Crippen LogP contribution in [0.3, 0.4) is 0 Å². The van der Waals surface area contributed by atoms with Crippen molar-refractivity contribution in [1.29, 1.82) is 0 Å². The number of hydrogen-bond acceptors (Lipinski definition) is 4. The number of carbonyl (C=O) groups excluding carboxylic acids is 1. The number of nitrogens with zero attached hydrogens (tertiary/aromatic N) is 3. The molecule has 0 radical (unpaired) electrons. The molecule has 2 atom stereocenters. The summed E-state index contributed by atoms with van der Waals surface area (Å²) < 4.78 is 42.3. The summed E-state index contributed by atoms with van der Waals surface area (Å²) >= 11 is 0. The number of fused-ring (bicyclic) bond motifs is 1. The van der Waals surface area contributed by atoms with Crippen molar-refractivity contribution in [2.45, 2.75) is 50.9 Å². The molecule has 1 amide bonds. The molecule has 5 rings (SSSR count). The monoisotopic (exact) mass is 493 g/mol. The lowest BCUT2D eigenvalue weighted by molar-refractivity contribution is -0.140. The normalized spacial score (nSPS) is 18.2. The fourth-order valence-electron chi connectivity index (χ4n) is 4.74. The van der Waals surface area contributed by atoms with Crippen LogP contribution in [0.25, 0.3) is 16.6 Å². The van der Waals surface area contributed by atoms with Gasteiger partial charge >= 0.3 is 6.18 Å². The molecule has 0 bridgehead atoms. The summed E-state index contributed by atoms with van der Waals surface area (Å²) in [5.74, 6) is -0.165. The number of carbonyl (C=O) groups is 1. The van der Waals surface area contributed by atoms with Crippen LogP contribution in [0, 0.1) is 6.92 Å². The minimum Gasteiger partial charge on any atom is -0.382 e. The zero-order valence-corrected chi connectivity index (χ0v) is 19.7. The van der Waals surface area contributed by atoms with E-state index in [0.29, 0.717) is 28.6 Å². The fraction of sp³-hybridized carbons (Fsp3) is 0.296. The summed E-state index contributed by atoms with van der Waals surface area (Å²) in [4.78, 5) is 20.7. The highest BCUT2D eigenvalue weighted by Crippen LogP contribution is 2.34. The summed E-state index contributed by atoms with van der Waals surface area (Å²) in [7, 11) is 0. The molecule has 186 valence electrons. The number of amides is 1. The van der Waals surface area contributed by atoms with E-state index in [2.05, 4.69) is 20.6 Å². The fourth-order valence-corrected chi connectivity index (χ4v) is 4.74. The van der Waals surface area contributed by atoms with Gasteiger partial charge in [-0.2, -0.15) is 13.2 Å². The molecule has 0 saturated heterocycles. The molecule has 4 aromatic rings. The molecule has 1 aliphatic rings. The molecule has 1 fully saturated rings. The Morgan fingerprint density at radius 2 is 1.83 bits per heavy atom. The number of imidazole rings is 1. The van der Waals surface area contributed by atoms with Gasteiger partial charge in [-0.25, -0.2) is 9.97 Å². The number of halogens is 3. The first kappa shape index (κ1) is 23.8. The van der Waals surface area contributed by atoms with Gasteiger partial charge in [-0.1, -0.05) is 11.6 Å². The lowest BCUT2D eigenvalue weighted by atomic mass is 9.90. The van der Waals surface area contributed by atoms with Crippen LogP contribution in [-0.4, -0.2) is 32.5 Å². The maximum absolute atomic E-state index is 13.5. The van der Waals surface area contributed by atoms with E-state index in [1.165, 1.54) is 0 Å². The van der Waals surface area contributed by atoms with E-state index in [1.54, 1.807) is 36.8 Å². The Hall–Kier alpha value is -3.88. The van der Waals surface area contributed by atoms with Crippen molar-refractivity contribution >= 4 is 22.5 Å². The second-order valence-corrected chi connectivity index (χ2v) is 9.27. The Morgan fingerprint density at radius 1 is 1.06 bits per heavy atom. The van der Waals surface area contributed by atoms with E-state index >= 15 is 0 Å². The molecule has 0 spiro atoms. The third-order valence-corrected chi connectivity index (χ3v) is 6.56. The van der Waals surface area contributed by atoms with Gasteiger partial charge in [0.25, 0.3) is 5.91 Å². The van der Waals surface area contributed by atoms with Crippen LogP contribution in [-0.2, 0) is 6.18 Å². The van der Waals surface area contributed by atoms with E-state index in [4.69, 9.17) is 0 Å². The average Bonchev–Trinajstić information content (AvgIpc) is 3.39. The van der Waals surface area contributed by atoms with E-state index in [9.17, 15) is 18.0 Å². The molecule has 9 heteroatoms. The first-order valence-electron chi connectivity index (χ1n) is 11.9. The van der Waals surface area contributed by atoms with Gasteiger partial charge in [0.15, 0.2) is 0 Å². The quantitative estimate of drug-likeness (QED) is 0.363. The largest absolute Gasteiger partial charge is 0.433 e. The molecule has 2 aromatic carbocycles. The predicted molar refractivity (Wildman–Crippen MR) is 132 cm³/mol. The summed E-state index contributed by atoms with van der Waals surface area (Å²) in [6.45, 7) is 1.90. The van der Waals surface area contributed by atoms with Crippen LogP contribution in [0.15, 0.2) is 67.3 Å². The summed E-state index contributed by atoms with van der Waals surface area (Å²) in [6, 6.07) is 13.4. The second kappa shape index (κ2) is 9.64. The minimum atomic E-state index is -4.54. The Bertz CT molecular complexity index is 1370. The van der Waals surface area contributed by atoms with Crippen molar-refractivity contribution in [3.63, 3.8) is 0 Å². The second-order valence-electron chi connectivity index (χ2n) is 9.27. The van der Waals surface area contributed by atoms with Crippen LogP contribution >= 0.6 is 0 Å². The third-order valence-electron chi connectivity index (χ3n) is 6.56. The van der Waals surface area contributed by atoms with Gasteiger partial charge in [-0.05, 0) is 75.1 Å². The SMILES string of the molecule is Cc1ccc2nc(C(F)(F)F)cc(N[C@H]3CCCC(NC(=O)c4ccc(-n5ccnc5)cc4)C3)c2c1. The number of anilines is 1. The average molecular weight is 494 g/mol. The first-order valence-corrected chi connectivity index (χ1v) is 11.9. The van der Waals surface area contributed by atoms with E-state index in [-0.39, 0.29) is 18.0 Å². The zero-order valence-electron chi connectivity index (χ0n) is 19.7. The molecule has 1 unspecified atom stereocenters. The smallest absolute Gasteiger partial charge is 0.382 e. The lowest BCUT2D eigenvalue weighted by Gasteiger charge is -2.31. The standard InChI is InChI=1S/C27H26F3N5O/c1-17-5-10-23-22(13-17)24(15-25(34-23)27(28,29)30)32-19-3-2-4-20(14-19)33-26(36)18-6-8-21(9-7-18)35-12-11-31-16-35/h5-13,15-16,19-20H,2-4,14H2,1H3,(H,32,34)(H,33,36)/t19-,20?/m0/s1. The van der Waals surface area contributed by atoms with E-state index < -0.39 is 11.9 Å². The van der Waals surface area contributed by atoms with E-state index in [0.717, 1.165) is 36.6 Å². The van der Waals surface area contributed by atoms with Crippen LogP contribution in [0.5, 0.6) is 0 Å². The Kier molecular flexibility index (Phi) is 6.38. The first-order chi connectivity index (χ1) is 17.3. The number of aryl methyl sites for hydroxylation is 1. The number of pyridine rings is 1. The number of rotatable bonds is 5. The molecule has 2 aromatic heterocycles. The Labute approximate surface area is 206 Å². The van der Waals surface area contributed by atoms with Gasteiger partial charge in [-0.15, -0.1) is 0 Å². The lowest BCUT2D eigenvalue weighted by Crippen LogP contribution is -2.41. The number of nitrogens with one attached hydrogen (secondary N) is 2. The van der Waals surface area contributed by atoms with Gasteiger partial charge in [0.1, 0.15) is 5.69 Å². The van der Waals surface area contributed by atoms with Crippen molar-refractivity contribution in [3.8, 4) is 5.69 Å². The molecule has 0 aliphatic heterocycles. The van der Waals surface area contributed by atoms with Gasteiger partial charge < -0.3 is 15.2 Å². The molecule has 2 N–H and O–H groups in total. The van der Waals surface area contributed by atoms with Gasteiger partial charge in [0.2, 0.25) is 0 Å². The highest BCUT2D eigenvalue weighted by molar-refractivity contribution is 5.94. The highest BCUT2D eigenvalue weighted by Gasteiger charge is 2.34. The van der Waals surface area contributed by atoms with Crippen molar-refractivity contribution in [1.82, 2.24) is 19.9 Å². The summed E-state index contributed by atoms with van der Waals surface area (Å²) in [6.07, 6.45) is 3.78. The van der Waals surface area contributed by atoms with Crippen molar-refractivity contribution in [3.05, 3.63) is 84.1 Å². The minimum absolute atomic E-state index is 0.0696. The summed E-state index contributed by atoms with van der Waals surface area (Å²) in [5, 5.41) is 7.09. The van der Waals surface area contributed by atoms with Gasteiger partial charge in [-0.3, -0.25) is 4.79 Å². The molecule has 2 heterocycles. The highest BCUT2D eigenvalue weighted by atomic mass is 19.4. The predicted octanol–water partition coefficient (Wildman–Crippen LogP) is 5.90. The number of hydrogen-bond donors (Lipinski definition) is 2. The van der Waals surface area contributed by atoms with Crippen LogP contribution in [0.4, 0.5) is 18.9 Å². The molecular weight excluding hydrogens is 467 g/mol.